The molecule has 6 nitrogen and oxygen atoms in total. The molecule has 0 amide bonds. The van der Waals surface area contributed by atoms with Crippen LogP contribution in [0.3, 0.4) is 0 Å². The zero-order valence-corrected chi connectivity index (χ0v) is 15.0. The van der Waals surface area contributed by atoms with Crippen LogP contribution >= 0.6 is 11.3 Å². The van der Waals surface area contributed by atoms with Crippen molar-refractivity contribution in [3.8, 4) is 0 Å². The van der Waals surface area contributed by atoms with Crippen LogP contribution in [0.2, 0.25) is 0 Å². The minimum Gasteiger partial charge on any atom is -0.356 e. The number of rotatable bonds is 5. The molecule has 2 heterocycles. The summed E-state index contributed by atoms with van der Waals surface area (Å²) in [5.74, 6) is 1.84. The van der Waals surface area contributed by atoms with Crippen LogP contribution in [0.15, 0.2) is 34.6 Å². The van der Waals surface area contributed by atoms with Crippen LogP contribution in [0.1, 0.15) is 16.5 Å². The molecule has 0 radical (unpaired) electrons. The molecule has 3 aromatic rings. The number of aromatic amines is 1. The number of hydrogen-bond donors (Lipinski definition) is 2. The van der Waals surface area contributed by atoms with Gasteiger partial charge in [-0.05, 0) is 19.1 Å². The number of para-hydroxylation sites is 2. The third-order valence-corrected chi connectivity index (χ3v) is 4.54. The zero-order valence-electron chi connectivity index (χ0n) is 14.2. The maximum absolute atomic E-state index is 4.59. The summed E-state index contributed by atoms with van der Waals surface area (Å²) in [5, 5.41) is 6.56. The number of imidazole rings is 1. The number of benzene rings is 1. The quantitative estimate of drug-likeness (QED) is 0.552. The van der Waals surface area contributed by atoms with Crippen LogP contribution in [0.5, 0.6) is 0 Å². The van der Waals surface area contributed by atoms with Crippen molar-refractivity contribution in [2.45, 2.75) is 19.9 Å². The van der Waals surface area contributed by atoms with Gasteiger partial charge in [-0.2, -0.15) is 0 Å². The Labute approximate surface area is 145 Å². The van der Waals surface area contributed by atoms with Crippen LogP contribution in [0.4, 0.5) is 0 Å². The van der Waals surface area contributed by atoms with Crippen molar-refractivity contribution < 1.29 is 0 Å². The Morgan fingerprint density at radius 2 is 2.17 bits per heavy atom. The van der Waals surface area contributed by atoms with Crippen LogP contribution in [0, 0.1) is 6.92 Å². The molecule has 2 N–H and O–H groups in total. The second kappa shape index (κ2) is 7.44. The smallest absolute Gasteiger partial charge is 0.193 e. The molecular formula is C17H22N6S. The van der Waals surface area contributed by atoms with E-state index in [2.05, 4.69) is 35.5 Å². The normalized spacial score (nSPS) is 11.9. The van der Waals surface area contributed by atoms with Crippen molar-refractivity contribution in [1.82, 2.24) is 25.2 Å². The van der Waals surface area contributed by atoms with Gasteiger partial charge in [0.05, 0.1) is 28.3 Å². The molecule has 126 valence electrons. The van der Waals surface area contributed by atoms with Crippen molar-refractivity contribution in [2.24, 2.45) is 4.99 Å². The van der Waals surface area contributed by atoms with Crippen LogP contribution in [-0.2, 0) is 13.0 Å². The van der Waals surface area contributed by atoms with E-state index in [4.69, 9.17) is 0 Å². The van der Waals surface area contributed by atoms with Crippen LogP contribution < -0.4 is 5.32 Å². The van der Waals surface area contributed by atoms with Gasteiger partial charge in [0, 0.05) is 32.4 Å². The Balaban J connectivity index is 1.53. The lowest BCUT2D eigenvalue weighted by atomic mass is 10.3. The molecule has 0 spiro atoms. The second-order valence-corrected chi connectivity index (χ2v) is 6.70. The lowest BCUT2D eigenvalue weighted by molar-refractivity contribution is 0.471. The van der Waals surface area contributed by atoms with Gasteiger partial charge in [-0.1, -0.05) is 12.1 Å². The van der Waals surface area contributed by atoms with Gasteiger partial charge in [-0.15, -0.1) is 11.3 Å². The van der Waals surface area contributed by atoms with Gasteiger partial charge in [0.2, 0.25) is 0 Å². The zero-order chi connectivity index (χ0) is 16.9. The molecule has 2 aromatic heterocycles. The van der Waals surface area contributed by atoms with Crippen molar-refractivity contribution in [1.29, 1.82) is 0 Å². The highest BCUT2D eigenvalue weighted by atomic mass is 32.1. The van der Waals surface area contributed by atoms with Gasteiger partial charge in [0.15, 0.2) is 5.96 Å². The average Bonchev–Trinajstić information content (AvgIpc) is 3.16. The molecule has 0 aliphatic carbocycles. The number of aromatic nitrogens is 3. The number of guanidine groups is 1. The number of nitrogens with one attached hydrogen (secondary N) is 2. The first kappa shape index (κ1) is 16.4. The summed E-state index contributed by atoms with van der Waals surface area (Å²) >= 11 is 1.67. The summed E-state index contributed by atoms with van der Waals surface area (Å²) < 4.78 is 0. The topological polar surface area (TPSA) is 69.2 Å². The highest BCUT2D eigenvalue weighted by Gasteiger charge is 2.09. The Kier molecular flexibility index (Phi) is 5.10. The third-order valence-electron chi connectivity index (χ3n) is 3.72. The van der Waals surface area contributed by atoms with E-state index < -0.39 is 0 Å². The molecule has 0 saturated heterocycles. The SMILES string of the molecule is CN=C(NCCc1nc2ccccc2[nH]1)N(C)Cc1csc(C)n1. The van der Waals surface area contributed by atoms with Gasteiger partial charge >= 0.3 is 0 Å². The van der Waals surface area contributed by atoms with Crippen molar-refractivity contribution >= 4 is 28.3 Å². The van der Waals surface area contributed by atoms with E-state index in [9.17, 15) is 0 Å². The number of fused-ring (bicyclic) bond motifs is 1. The molecule has 0 aliphatic heterocycles. The van der Waals surface area contributed by atoms with Crippen molar-refractivity contribution in [3.05, 3.63) is 46.2 Å². The van der Waals surface area contributed by atoms with Gasteiger partial charge in [-0.3, -0.25) is 4.99 Å². The van der Waals surface area contributed by atoms with E-state index in [1.807, 2.05) is 38.2 Å². The van der Waals surface area contributed by atoms with E-state index in [1.165, 1.54) is 0 Å². The monoisotopic (exact) mass is 342 g/mol. The van der Waals surface area contributed by atoms with Gasteiger partial charge in [0.25, 0.3) is 0 Å². The summed E-state index contributed by atoms with van der Waals surface area (Å²) in [6.07, 6.45) is 0.817. The molecule has 0 fully saturated rings. The molecule has 24 heavy (non-hydrogen) atoms. The molecular weight excluding hydrogens is 320 g/mol. The van der Waals surface area contributed by atoms with Gasteiger partial charge in [0.1, 0.15) is 5.82 Å². The maximum atomic E-state index is 4.59. The largest absolute Gasteiger partial charge is 0.356 e. The van der Waals surface area contributed by atoms with Crippen LogP contribution in [-0.4, -0.2) is 46.5 Å². The first-order valence-corrected chi connectivity index (χ1v) is 8.80. The van der Waals surface area contributed by atoms with E-state index in [0.717, 1.165) is 53.0 Å². The number of nitrogens with zero attached hydrogens (tertiary/aromatic N) is 4. The standard InChI is InChI=1S/C17H22N6S/c1-12-20-13(11-24-12)10-23(3)17(18-2)19-9-8-16-21-14-6-4-5-7-15(14)22-16/h4-7,11H,8-10H2,1-3H3,(H,18,19)(H,21,22). The predicted molar refractivity (Wildman–Crippen MR) is 99.5 cm³/mol. The fraction of sp³-hybridized carbons (Fsp3) is 0.353. The fourth-order valence-corrected chi connectivity index (χ4v) is 3.20. The van der Waals surface area contributed by atoms with Gasteiger partial charge < -0.3 is 15.2 Å². The lowest BCUT2D eigenvalue weighted by Crippen LogP contribution is -2.39. The lowest BCUT2D eigenvalue weighted by Gasteiger charge is -2.21. The second-order valence-electron chi connectivity index (χ2n) is 5.64. The summed E-state index contributed by atoms with van der Waals surface area (Å²) in [7, 11) is 3.82. The van der Waals surface area contributed by atoms with E-state index in [1.54, 1.807) is 18.4 Å². The first-order valence-electron chi connectivity index (χ1n) is 7.92. The number of aliphatic imine (C=N–C) groups is 1. The Morgan fingerprint density at radius 1 is 1.33 bits per heavy atom. The minimum atomic E-state index is 0.745. The average molecular weight is 342 g/mol. The maximum Gasteiger partial charge on any atom is 0.193 e. The molecule has 3 rings (SSSR count). The van der Waals surface area contributed by atoms with E-state index in [0.29, 0.717) is 0 Å². The summed E-state index contributed by atoms with van der Waals surface area (Å²) in [5.41, 5.74) is 3.15. The number of hydrogen-bond acceptors (Lipinski definition) is 4. The highest BCUT2D eigenvalue weighted by molar-refractivity contribution is 7.09. The van der Waals surface area contributed by atoms with Crippen LogP contribution in [0.25, 0.3) is 11.0 Å². The number of H-pyrrole nitrogens is 1. The molecule has 0 unspecified atom stereocenters. The molecule has 7 heteroatoms. The van der Waals surface area contributed by atoms with E-state index in [-0.39, 0.29) is 0 Å². The molecule has 0 aliphatic rings. The minimum absolute atomic E-state index is 0.745. The Morgan fingerprint density at radius 3 is 2.88 bits per heavy atom. The molecule has 0 bridgehead atoms. The third kappa shape index (κ3) is 3.91. The fourth-order valence-electron chi connectivity index (χ4n) is 2.60. The Hall–Kier alpha value is -2.41. The number of aryl methyl sites for hydroxylation is 1. The molecule has 1 aromatic carbocycles. The first-order chi connectivity index (χ1) is 11.7. The summed E-state index contributed by atoms with van der Waals surface area (Å²) in [6.45, 7) is 3.54. The molecule has 0 atom stereocenters. The van der Waals surface area contributed by atoms with Crippen molar-refractivity contribution in [3.63, 3.8) is 0 Å². The summed E-state index contributed by atoms with van der Waals surface area (Å²) in [4.78, 5) is 18.9. The van der Waals surface area contributed by atoms with Crippen molar-refractivity contribution in [2.75, 3.05) is 20.6 Å². The van der Waals surface area contributed by atoms with E-state index >= 15 is 0 Å². The molecule has 0 saturated carbocycles. The number of thiazole rings is 1. The van der Waals surface area contributed by atoms with Gasteiger partial charge in [-0.25, -0.2) is 9.97 Å². The summed E-state index contributed by atoms with van der Waals surface area (Å²) in [6, 6.07) is 8.08. The Bertz CT molecular complexity index is 801. The predicted octanol–water partition coefficient (Wildman–Crippen LogP) is 2.58. The highest BCUT2D eigenvalue weighted by Crippen LogP contribution is 2.11.